The van der Waals surface area contributed by atoms with Gasteiger partial charge < -0.3 is 5.73 Å². The van der Waals surface area contributed by atoms with Gasteiger partial charge in [-0.3, -0.25) is 4.98 Å². The van der Waals surface area contributed by atoms with E-state index in [-0.39, 0.29) is 5.54 Å². The third-order valence-electron chi connectivity index (χ3n) is 2.39. The molecule has 0 saturated carbocycles. The lowest BCUT2D eigenvalue weighted by Gasteiger charge is -2.24. The number of aromatic nitrogens is 1. The Morgan fingerprint density at radius 3 is 2.75 bits per heavy atom. The molecule has 1 aromatic heterocycles. The van der Waals surface area contributed by atoms with Crippen LogP contribution >= 0.6 is 0 Å². The smallest absolute Gasteiger partial charge is 0.0396 e. The first-order valence-corrected chi connectivity index (χ1v) is 4.28. The first-order valence-electron chi connectivity index (χ1n) is 4.28. The maximum Gasteiger partial charge on any atom is 0.0396 e. The topological polar surface area (TPSA) is 38.9 Å². The summed E-state index contributed by atoms with van der Waals surface area (Å²) in [6.07, 6.45) is 4.59. The van der Waals surface area contributed by atoms with Gasteiger partial charge in [0.25, 0.3) is 0 Å². The Kier molecular flexibility index (Phi) is 2.48. The third-order valence-corrected chi connectivity index (χ3v) is 2.39. The Labute approximate surface area is 73.8 Å². The minimum atomic E-state index is -0.238. The molecule has 0 aliphatic rings. The van der Waals surface area contributed by atoms with Gasteiger partial charge in [-0.1, -0.05) is 6.92 Å². The first kappa shape index (κ1) is 9.20. The number of nitrogens with zero attached hydrogens (tertiary/aromatic N) is 1. The normalized spacial score (nSPS) is 15.7. The highest BCUT2D eigenvalue weighted by Crippen LogP contribution is 2.22. The summed E-state index contributed by atoms with van der Waals surface area (Å²) in [6, 6.07) is 2.00. The average molecular weight is 164 g/mol. The van der Waals surface area contributed by atoms with Gasteiger partial charge >= 0.3 is 0 Å². The van der Waals surface area contributed by atoms with E-state index in [1.807, 2.05) is 19.2 Å². The van der Waals surface area contributed by atoms with Gasteiger partial charge in [0, 0.05) is 17.9 Å². The van der Waals surface area contributed by atoms with Crippen molar-refractivity contribution in [2.45, 2.75) is 32.7 Å². The summed E-state index contributed by atoms with van der Waals surface area (Å²) in [4.78, 5) is 4.08. The molecule has 0 aliphatic carbocycles. The van der Waals surface area contributed by atoms with Crippen molar-refractivity contribution in [3.05, 3.63) is 29.6 Å². The molecule has 0 spiro atoms. The molecular formula is C10H16N2. The second-order valence-corrected chi connectivity index (χ2v) is 3.46. The SMILES string of the molecule is CCC(C)(N)c1cnccc1C. The van der Waals surface area contributed by atoms with E-state index in [0.717, 1.165) is 12.0 Å². The zero-order valence-electron chi connectivity index (χ0n) is 7.96. The molecule has 12 heavy (non-hydrogen) atoms. The molecule has 2 heteroatoms. The molecule has 0 aromatic carbocycles. The van der Waals surface area contributed by atoms with E-state index in [0.29, 0.717) is 0 Å². The lowest BCUT2D eigenvalue weighted by atomic mass is 9.89. The van der Waals surface area contributed by atoms with Gasteiger partial charge in [0.2, 0.25) is 0 Å². The van der Waals surface area contributed by atoms with Crippen LogP contribution in [0.25, 0.3) is 0 Å². The van der Waals surface area contributed by atoms with Crippen molar-refractivity contribution in [1.29, 1.82) is 0 Å². The molecule has 0 fully saturated rings. The van der Waals surface area contributed by atoms with Gasteiger partial charge in [0.15, 0.2) is 0 Å². The minimum absolute atomic E-state index is 0.238. The predicted molar refractivity (Wildman–Crippen MR) is 50.8 cm³/mol. The molecular weight excluding hydrogens is 148 g/mol. The van der Waals surface area contributed by atoms with Crippen LogP contribution in [0.4, 0.5) is 0 Å². The van der Waals surface area contributed by atoms with Crippen LogP contribution in [0.2, 0.25) is 0 Å². The predicted octanol–water partition coefficient (Wildman–Crippen LogP) is 1.97. The van der Waals surface area contributed by atoms with E-state index in [1.165, 1.54) is 5.56 Å². The molecule has 0 saturated heterocycles. The summed E-state index contributed by atoms with van der Waals surface area (Å²) in [5.41, 5.74) is 8.23. The molecule has 1 aromatic rings. The van der Waals surface area contributed by atoms with Crippen molar-refractivity contribution in [1.82, 2.24) is 4.98 Å². The third kappa shape index (κ3) is 1.64. The molecule has 1 heterocycles. The largest absolute Gasteiger partial charge is 0.322 e. The van der Waals surface area contributed by atoms with Gasteiger partial charge in [-0.05, 0) is 37.5 Å². The van der Waals surface area contributed by atoms with Crippen LogP contribution in [-0.4, -0.2) is 4.98 Å². The fraction of sp³-hybridized carbons (Fsp3) is 0.500. The zero-order chi connectivity index (χ0) is 9.19. The van der Waals surface area contributed by atoms with Crippen molar-refractivity contribution in [3.63, 3.8) is 0 Å². The monoisotopic (exact) mass is 164 g/mol. The Morgan fingerprint density at radius 2 is 2.25 bits per heavy atom. The quantitative estimate of drug-likeness (QED) is 0.725. The van der Waals surface area contributed by atoms with Gasteiger partial charge in [0.1, 0.15) is 0 Å². The van der Waals surface area contributed by atoms with Crippen molar-refractivity contribution < 1.29 is 0 Å². The maximum absolute atomic E-state index is 6.10. The second kappa shape index (κ2) is 3.23. The van der Waals surface area contributed by atoms with Crippen LogP contribution in [0.15, 0.2) is 18.5 Å². The second-order valence-electron chi connectivity index (χ2n) is 3.46. The molecule has 1 rings (SSSR count). The van der Waals surface area contributed by atoms with E-state index < -0.39 is 0 Å². The zero-order valence-corrected chi connectivity index (χ0v) is 7.96. The molecule has 0 amide bonds. The Hall–Kier alpha value is -0.890. The lowest BCUT2D eigenvalue weighted by molar-refractivity contribution is 0.472. The van der Waals surface area contributed by atoms with Gasteiger partial charge in [-0.15, -0.1) is 0 Å². The molecule has 2 nitrogen and oxygen atoms in total. The molecule has 0 radical (unpaired) electrons. The Balaban J connectivity index is 3.10. The Morgan fingerprint density at radius 1 is 1.58 bits per heavy atom. The number of rotatable bonds is 2. The standard InChI is InChI=1S/C10H16N2/c1-4-10(3,11)9-7-12-6-5-8(9)2/h5-7H,4,11H2,1-3H3. The average Bonchev–Trinajstić information content (AvgIpc) is 2.05. The van der Waals surface area contributed by atoms with Gasteiger partial charge in [-0.2, -0.15) is 0 Å². The van der Waals surface area contributed by atoms with Crippen LogP contribution < -0.4 is 5.73 Å². The van der Waals surface area contributed by atoms with Gasteiger partial charge in [-0.25, -0.2) is 0 Å². The van der Waals surface area contributed by atoms with Gasteiger partial charge in [0.05, 0.1) is 0 Å². The highest BCUT2D eigenvalue weighted by molar-refractivity contribution is 5.28. The van der Waals surface area contributed by atoms with Crippen LogP contribution in [0.3, 0.4) is 0 Å². The summed E-state index contributed by atoms with van der Waals surface area (Å²) < 4.78 is 0. The van der Waals surface area contributed by atoms with Crippen molar-refractivity contribution in [3.8, 4) is 0 Å². The van der Waals surface area contributed by atoms with Crippen molar-refractivity contribution >= 4 is 0 Å². The fourth-order valence-corrected chi connectivity index (χ4v) is 1.25. The lowest BCUT2D eigenvalue weighted by Crippen LogP contribution is -2.32. The van der Waals surface area contributed by atoms with Crippen LogP contribution in [0.1, 0.15) is 31.4 Å². The van der Waals surface area contributed by atoms with Crippen LogP contribution in [-0.2, 0) is 5.54 Å². The summed E-state index contributed by atoms with van der Waals surface area (Å²) in [6.45, 7) is 6.20. The molecule has 0 aliphatic heterocycles. The summed E-state index contributed by atoms with van der Waals surface area (Å²) in [7, 11) is 0. The van der Waals surface area contributed by atoms with E-state index in [2.05, 4.69) is 18.8 Å². The first-order chi connectivity index (χ1) is 5.58. The molecule has 1 atom stereocenters. The minimum Gasteiger partial charge on any atom is -0.322 e. The van der Waals surface area contributed by atoms with E-state index in [4.69, 9.17) is 5.73 Å². The molecule has 1 unspecified atom stereocenters. The number of pyridine rings is 1. The Bertz CT molecular complexity index is 266. The van der Waals surface area contributed by atoms with Crippen molar-refractivity contribution in [2.24, 2.45) is 5.73 Å². The summed E-state index contributed by atoms with van der Waals surface area (Å²) >= 11 is 0. The molecule has 66 valence electrons. The molecule has 2 N–H and O–H groups in total. The van der Waals surface area contributed by atoms with E-state index in [1.54, 1.807) is 6.20 Å². The summed E-state index contributed by atoms with van der Waals surface area (Å²) in [5.74, 6) is 0. The number of aryl methyl sites for hydroxylation is 1. The van der Waals surface area contributed by atoms with Crippen LogP contribution in [0.5, 0.6) is 0 Å². The number of nitrogens with two attached hydrogens (primary N) is 1. The molecule has 0 bridgehead atoms. The van der Waals surface area contributed by atoms with E-state index >= 15 is 0 Å². The summed E-state index contributed by atoms with van der Waals surface area (Å²) in [5, 5.41) is 0. The highest BCUT2D eigenvalue weighted by Gasteiger charge is 2.20. The number of hydrogen-bond donors (Lipinski definition) is 1. The van der Waals surface area contributed by atoms with Crippen LogP contribution in [0, 0.1) is 6.92 Å². The van der Waals surface area contributed by atoms with E-state index in [9.17, 15) is 0 Å². The number of hydrogen-bond acceptors (Lipinski definition) is 2. The maximum atomic E-state index is 6.10. The highest BCUT2D eigenvalue weighted by atomic mass is 14.7. The fourth-order valence-electron chi connectivity index (χ4n) is 1.25. The van der Waals surface area contributed by atoms with Crippen molar-refractivity contribution in [2.75, 3.05) is 0 Å².